The van der Waals surface area contributed by atoms with Crippen LogP contribution in [0.3, 0.4) is 0 Å². The van der Waals surface area contributed by atoms with Gasteiger partial charge in [0.1, 0.15) is 5.82 Å². The highest BCUT2D eigenvalue weighted by atomic mass is 16.2. The van der Waals surface area contributed by atoms with Crippen molar-refractivity contribution in [1.82, 2.24) is 14.7 Å². The van der Waals surface area contributed by atoms with Crippen LogP contribution in [0.4, 0.5) is 5.82 Å². The van der Waals surface area contributed by atoms with Crippen LogP contribution in [0.25, 0.3) is 0 Å². The maximum absolute atomic E-state index is 12.6. The average Bonchev–Trinajstić information content (AvgIpc) is 2.89. The van der Waals surface area contributed by atoms with E-state index in [0.717, 1.165) is 25.3 Å². The maximum atomic E-state index is 12.6. The molecular weight excluding hydrogens is 278 g/mol. The number of hydrogen-bond acceptors (Lipinski definition) is 4. The summed E-state index contributed by atoms with van der Waals surface area (Å²) in [5, 5.41) is 7.24. The van der Waals surface area contributed by atoms with E-state index in [1.165, 1.54) is 0 Å². The highest BCUT2D eigenvalue weighted by molar-refractivity contribution is 5.93. The van der Waals surface area contributed by atoms with Gasteiger partial charge in [0.05, 0.1) is 12.2 Å². The lowest BCUT2D eigenvalue weighted by Gasteiger charge is -2.44. The first-order valence-electron chi connectivity index (χ1n) is 8.06. The molecule has 0 aliphatic carbocycles. The normalized spacial score (nSPS) is 23.5. The van der Waals surface area contributed by atoms with Gasteiger partial charge in [0.15, 0.2) is 0 Å². The summed E-state index contributed by atoms with van der Waals surface area (Å²) in [7, 11) is 0. The third-order valence-electron chi connectivity index (χ3n) is 4.68. The van der Waals surface area contributed by atoms with E-state index in [1.54, 1.807) is 6.20 Å². The van der Waals surface area contributed by atoms with Gasteiger partial charge in [-0.3, -0.25) is 9.69 Å². The SMILES string of the molecule is CC(C(=O)Nc1ccnn1C(C)C)N1CCC(N)C(C)(C)C1. The number of hydrogen-bond donors (Lipinski definition) is 2. The van der Waals surface area contributed by atoms with Gasteiger partial charge in [-0.25, -0.2) is 4.68 Å². The molecule has 1 aromatic heterocycles. The Kier molecular flexibility index (Phi) is 4.92. The molecule has 1 aliphatic heterocycles. The summed E-state index contributed by atoms with van der Waals surface area (Å²) in [6, 6.07) is 2.07. The van der Waals surface area contributed by atoms with E-state index in [9.17, 15) is 4.79 Å². The van der Waals surface area contributed by atoms with Gasteiger partial charge < -0.3 is 11.1 Å². The Labute approximate surface area is 133 Å². The topological polar surface area (TPSA) is 76.2 Å². The van der Waals surface area contributed by atoms with Crippen LogP contribution in [0.1, 0.15) is 47.1 Å². The number of aromatic nitrogens is 2. The van der Waals surface area contributed by atoms with Gasteiger partial charge in [-0.1, -0.05) is 13.8 Å². The third-order valence-corrected chi connectivity index (χ3v) is 4.68. The van der Waals surface area contributed by atoms with Gasteiger partial charge in [0.25, 0.3) is 0 Å². The molecule has 6 heteroatoms. The van der Waals surface area contributed by atoms with Crippen LogP contribution in [0, 0.1) is 5.41 Å². The van der Waals surface area contributed by atoms with Crippen LogP contribution in [0.2, 0.25) is 0 Å². The van der Waals surface area contributed by atoms with Crippen molar-refractivity contribution in [2.24, 2.45) is 11.1 Å². The lowest BCUT2D eigenvalue weighted by Crippen LogP contribution is -2.56. The summed E-state index contributed by atoms with van der Waals surface area (Å²) >= 11 is 0. The molecular formula is C16H29N5O. The number of rotatable bonds is 4. The highest BCUT2D eigenvalue weighted by Gasteiger charge is 2.36. The predicted molar refractivity (Wildman–Crippen MR) is 88.7 cm³/mol. The first-order valence-corrected chi connectivity index (χ1v) is 8.06. The van der Waals surface area contributed by atoms with Crippen molar-refractivity contribution in [3.05, 3.63) is 12.3 Å². The maximum Gasteiger partial charge on any atom is 0.242 e. The van der Waals surface area contributed by atoms with Gasteiger partial charge in [0, 0.05) is 31.2 Å². The summed E-state index contributed by atoms with van der Waals surface area (Å²) < 4.78 is 1.82. The number of nitrogens with zero attached hydrogens (tertiary/aromatic N) is 3. The largest absolute Gasteiger partial charge is 0.327 e. The van der Waals surface area contributed by atoms with E-state index in [4.69, 9.17) is 5.73 Å². The van der Waals surface area contributed by atoms with Crippen molar-refractivity contribution in [2.75, 3.05) is 18.4 Å². The quantitative estimate of drug-likeness (QED) is 0.890. The Bertz CT molecular complexity index is 522. The predicted octanol–water partition coefficient (Wildman–Crippen LogP) is 1.85. The van der Waals surface area contributed by atoms with Crippen LogP contribution in [0.15, 0.2) is 12.3 Å². The molecule has 0 spiro atoms. The first kappa shape index (κ1) is 17.0. The van der Waals surface area contributed by atoms with E-state index in [0.29, 0.717) is 0 Å². The minimum absolute atomic E-state index is 0.00803. The summed E-state index contributed by atoms with van der Waals surface area (Å²) in [4.78, 5) is 14.8. The van der Waals surface area contributed by atoms with E-state index in [-0.39, 0.29) is 29.4 Å². The molecule has 0 saturated carbocycles. The fourth-order valence-corrected chi connectivity index (χ4v) is 2.97. The number of likely N-dealkylation sites (tertiary alicyclic amines) is 1. The summed E-state index contributed by atoms with van der Waals surface area (Å²) in [5.41, 5.74) is 6.21. The zero-order valence-electron chi connectivity index (χ0n) is 14.3. The smallest absolute Gasteiger partial charge is 0.242 e. The molecule has 1 amide bonds. The van der Waals surface area contributed by atoms with Crippen molar-refractivity contribution >= 4 is 11.7 Å². The summed E-state index contributed by atoms with van der Waals surface area (Å²) in [5.74, 6) is 0.758. The molecule has 22 heavy (non-hydrogen) atoms. The van der Waals surface area contributed by atoms with Crippen molar-refractivity contribution in [3.63, 3.8) is 0 Å². The molecule has 1 aromatic rings. The Morgan fingerprint density at radius 2 is 2.14 bits per heavy atom. The van der Waals surface area contributed by atoms with Crippen LogP contribution >= 0.6 is 0 Å². The highest BCUT2D eigenvalue weighted by Crippen LogP contribution is 2.29. The minimum Gasteiger partial charge on any atom is -0.327 e. The van der Waals surface area contributed by atoms with E-state index >= 15 is 0 Å². The second kappa shape index (κ2) is 6.38. The fourth-order valence-electron chi connectivity index (χ4n) is 2.97. The molecule has 2 heterocycles. The minimum atomic E-state index is -0.178. The molecule has 0 aromatic carbocycles. The van der Waals surface area contributed by atoms with Crippen molar-refractivity contribution in [2.45, 2.75) is 59.2 Å². The van der Waals surface area contributed by atoms with Crippen LogP contribution in [-0.4, -0.2) is 45.8 Å². The van der Waals surface area contributed by atoms with Crippen molar-refractivity contribution < 1.29 is 4.79 Å². The Morgan fingerprint density at radius 3 is 2.73 bits per heavy atom. The third kappa shape index (κ3) is 3.50. The van der Waals surface area contributed by atoms with Gasteiger partial charge >= 0.3 is 0 Å². The second-order valence-electron chi connectivity index (χ2n) is 7.27. The summed E-state index contributed by atoms with van der Waals surface area (Å²) in [6.07, 6.45) is 2.64. The van der Waals surface area contributed by atoms with Gasteiger partial charge in [0.2, 0.25) is 5.91 Å². The lowest BCUT2D eigenvalue weighted by atomic mass is 9.79. The van der Waals surface area contributed by atoms with Crippen LogP contribution < -0.4 is 11.1 Å². The molecule has 2 rings (SSSR count). The molecule has 1 saturated heterocycles. The van der Waals surface area contributed by atoms with Gasteiger partial charge in [-0.15, -0.1) is 0 Å². The number of amides is 1. The number of nitrogens with two attached hydrogens (primary N) is 1. The van der Waals surface area contributed by atoms with Crippen LogP contribution in [0.5, 0.6) is 0 Å². The molecule has 0 bridgehead atoms. The molecule has 6 nitrogen and oxygen atoms in total. The first-order chi connectivity index (χ1) is 10.2. The zero-order valence-corrected chi connectivity index (χ0v) is 14.3. The number of carbonyl (C=O) groups excluding carboxylic acids is 1. The molecule has 3 N–H and O–H groups in total. The zero-order chi connectivity index (χ0) is 16.5. The standard InChI is InChI=1S/C16H29N5O/c1-11(2)21-14(6-8-18-21)19-15(22)12(3)20-9-7-13(17)16(4,5)10-20/h6,8,11-13H,7,9-10,17H2,1-5H3,(H,19,22). The van der Waals surface area contributed by atoms with E-state index < -0.39 is 0 Å². The Morgan fingerprint density at radius 1 is 1.45 bits per heavy atom. The second-order valence-corrected chi connectivity index (χ2v) is 7.27. The van der Waals surface area contributed by atoms with Gasteiger partial charge in [-0.05, 0) is 32.6 Å². The van der Waals surface area contributed by atoms with E-state index in [2.05, 4.69) is 29.2 Å². The van der Waals surface area contributed by atoms with Gasteiger partial charge in [-0.2, -0.15) is 5.10 Å². The molecule has 1 aliphatic rings. The van der Waals surface area contributed by atoms with Crippen LogP contribution in [-0.2, 0) is 4.79 Å². The average molecular weight is 307 g/mol. The van der Waals surface area contributed by atoms with Crippen molar-refractivity contribution in [3.8, 4) is 0 Å². The molecule has 2 atom stereocenters. The Hall–Kier alpha value is -1.40. The molecule has 1 fully saturated rings. The van der Waals surface area contributed by atoms with E-state index in [1.807, 2.05) is 31.5 Å². The number of nitrogens with one attached hydrogen (secondary N) is 1. The molecule has 2 unspecified atom stereocenters. The lowest BCUT2D eigenvalue weighted by molar-refractivity contribution is -0.122. The fraction of sp³-hybridized carbons (Fsp3) is 0.750. The monoisotopic (exact) mass is 307 g/mol. The number of anilines is 1. The summed E-state index contributed by atoms with van der Waals surface area (Å²) in [6.45, 7) is 12.1. The van der Waals surface area contributed by atoms with Crippen molar-refractivity contribution in [1.29, 1.82) is 0 Å². The number of carbonyl (C=O) groups is 1. The Balaban J connectivity index is 2.02. The number of piperidine rings is 1. The molecule has 0 radical (unpaired) electrons. The molecule has 124 valence electrons.